The number of para-hydroxylation sites is 1. The van der Waals surface area contributed by atoms with E-state index in [1.807, 2.05) is 18.2 Å². The Morgan fingerprint density at radius 3 is 2.57 bits per heavy atom. The number of hydrogen-bond acceptors (Lipinski definition) is 3. The first-order valence-electron chi connectivity index (χ1n) is 9.83. The van der Waals surface area contributed by atoms with Crippen LogP contribution in [0.2, 0.25) is 0 Å². The zero-order valence-electron chi connectivity index (χ0n) is 16.4. The molecule has 30 heavy (non-hydrogen) atoms. The number of rotatable bonds is 5. The molecule has 0 aliphatic carbocycles. The summed E-state index contributed by atoms with van der Waals surface area (Å²) in [5, 5.41) is 0. The Balaban J connectivity index is 1.60. The second-order valence-electron chi connectivity index (χ2n) is 7.30. The van der Waals surface area contributed by atoms with E-state index < -0.39 is 6.61 Å². The fourth-order valence-corrected chi connectivity index (χ4v) is 4.69. The van der Waals surface area contributed by atoms with Crippen LogP contribution in [0.3, 0.4) is 0 Å². The fourth-order valence-electron chi connectivity index (χ4n) is 4.28. The molecule has 1 aromatic heterocycles. The molecular formula is C24H20F2N2OS. The lowest BCUT2D eigenvalue weighted by molar-refractivity contribution is -0.0506. The van der Waals surface area contributed by atoms with Gasteiger partial charge in [-0.15, -0.1) is 11.8 Å². The van der Waals surface area contributed by atoms with Crippen molar-refractivity contribution in [1.29, 1.82) is 0 Å². The van der Waals surface area contributed by atoms with E-state index in [2.05, 4.69) is 47.2 Å². The molecule has 1 aliphatic heterocycles. The highest BCUT2D eigenvalue weighted by atomic mass is 32.2. The van der Waals surface area contributed by atoms with Gasteiger partial charge < -0.3 is 9.30 Å². The average Bonchev–Trinajstić information content (AvgIpc) is 3.33. The molecular weight excluding hydrogens is 402 g/mol. The number of alkyl halides is 2. The molecule has 0 fully saturated rings. The van der Waals surface area contributed by atoms with Crippen LogP contribution in [0.1, 0.15) is 23.9 Å². The maximum atomic E-state index is 12.9. The van der Waals surface area contributed by atoms with Crippen LogP contribution >= 0.6 is 11.8 Å². The number of fused-ring (bicyclic) bond motifs is 3. The van der Waals surface area contributed by atoms with Crippen molar-refractivity contribution in [3.05, 3.63) is 78.1 Å². The molecule has 0 saturated heterocycles. The average molecular weight is 423 g/mol. The zero-order valence-corrected chi connectivity index (χ0v) is 17.2. The van der Waals surface area contributed by atoms with Crippen LogP contribution in [0.5, 0.6) is 5.75 Å². The van der Waals surface area contributed by atoms with Gasteiger partial charge in [-0.2, -0.15) is 8.78 Å². The van der Waals surface area contributed by atoms with Gasteiger partial charge in [-0.3, -0.25) is 0 Å². The van der Waals surface area contributed by atoms with Crippen molar-refractivity contribution in [2.45, 2.75) is 30.4 Å². The minimum atomic E-state index is -2.84. The monoisotopic (exact) mass is 422 g/mol. The van der Waals surface area contributed by atoms with E-state index in [4.69, 9.17) is 9.72 Å². The van der Waals surface area contributed by atoms with Crippen LogP contribution in [0.15, 0.2) is 71.6 Å². The van der Waals surface area contributed by atoms with E-state index in [-0.39, 0.29) is 11.8 Å². The summed E-state index contributed by atoms with van der Waals surface area (Å²) >= 11 is 1.72. The summed E-state index contributed by atoms with van der Waals surface area (Å²) in [6, 6.07) is 21.7. The summed E-state index contributed by atoms with van der Waals surface area (Å²) in [7, 11) is 0. The Morgan fingerprint density at radius 2 is 1.80 bits per heavy atom. The highest BCUT2D eigenvalue weighted by molar-refractivity contribution is 7.98. The van der Waals surface area contributed by atoms with Gasteiger partial charge in [0, 0.05) is 16.9 Å². The number of halogens is 2. The molecule has 2 heterocycles. The summed E-state index contributed by atoms with van der Waals surface area (Å²) in [6.45, 7) is -2.84. The second-order valence-corrected chi connectivity index (χ2v) is 8.18. The molecule has 152 valence electrons. The first kappa shape index (κ1) is 19.1. The van der Waals surface area contributed by atoms with Crippen molar-refractivity contribution in [3.63, 3.8) is 0 Å². The van der Waals surface area contributed by atoms with Crippen molar-refractivity contribution in [2.24, 2.45) is 0 Å². The Bertz CT molecular complexity index is 1200. The molecule has 3 nitrogen and oxygen atoms in total. The van der Waals surface area contributed by atoms with Crippen LogP contribution in [0.25, 0.3) is 22.2 Å². The number of hydrogen-bond donors (Lipinski definition) is 0. The van der Waals surface area contributed by atoms with Gasteiger partial charge >= 0.3 is 6.61 Å². The number of imidazole rings is 1. The van der Waals surface area contributed by atoms with Gasteiger partial charge in [0.2, 0.25) is 0 Å². The molecule has 0 amide bonds. The van der Waals surface area contributed by atoms with Crippen LogP contribution in [-0.4, -0.2) is 22.4 Å². The molecule has 1 aliphatic rings. The summed E-state index contributed by atoms with van der Waals surface area (Å²) in [4.78, 5) is 6.02. The standard InChI is InChI=1S/C24H20F2N2OS/c1-30-17-9-6-15(7-10-17)16-8-11-19-21(14-16)28-20(12-13-23(28)27-19)18-4-2-3-5-22(18)29-24(25)26/h2-11,14,20,24H,12-13H2,1H3. The van der Waals surface area contributed by atoms with E-state index in [9.17, 15) is 8.78 Å². The molecule has 0 radical (unpaired) electrons. The first-order valence-corrected chi connectivity index (χ1v) is 11.1. The maximum absolute atomic E-state index is 12.9. The lowest BCUT2D eigenvalue weighted by atomic mass is 10.0. The van der Waals surface area contributed by atoms with E-state index in [1.54, 1.807) is 23.9 Å². The number of benzene rings is 3. The molecule has 4 aromatic rings. The van der Waals surface area contributed by atoms with Gasteiger partial charge in [-0.25, -0.2) is 4.98 Å². The number of aromatic nitrogens is 2. The molecule has 0 saturated carbocycles. The molecule has 0 N–H and O–H groups in total. The molecule has 0 bridgehead atoms. The Hall–Kier alpha value is -2.86. The third kappa shape index (κ3) is 3.35. The molecule has 3 aromatic carbocycles. The van der Waals surface area contributed by atoms with Gasteiger partial charge in [-0.1, -0.05) is 36.4 Å². The van der Waals surface area contributed by atoms with E-state index in [0.29, 0.717) is 0 Å². The molecule has 1 atom stereocenters. The number of ether oxygens (including phenoxy) is 1. The summed E-state index contributed by atoms with van der Waals surface area (Å²) < 4.78 is 32.8. The van der Waals surface area contributed by atoms with Gasteiger partial charge in [0.1, 0.15) is 11.6 Å². The molecule has 1 unspecified atom stereocenters. The SMILES string of the molecule is CSc1ccc(-c2ccc3nc4n(c3c2)C(c2ccccc2OC(F)F)CC4)cc1. The Labute approximate surface area is 177 Å². The van der Waals surface area contributed by atoms with Crippen molar-refractivity contribution in [2.75, 3.05) is 6.26 Å². The number of aryl methyl sites for hydroxylation is 1. The number of nitrogens with zero attached hydrogens (tertiary/aromatic N) is 2. The highest BCUT2D eigenvalue weighted by Crippen LogP contribution is 2.40. The summed E-state index contributed by atoms with van der Waals surface area (Å²) in [6.07, 6.45) is 3.68. The number of thioether (sulfide) groups is 1. The topological polar surface area (TPSA) is 27.1 Å². The molecule has 5 rings (SSSR count). The van der Waals surface area contributed by atoms with Crippen LogP contribution < -0.4 is 4.74 Å². The third-order valence-corrected chi connectivity index (χ3v) is 6.38. The smallest absolute Gasteiger partial charge is 0.387 e. The van der Waals surface area contributed by atoms with Crippen molar-refractivity contribution >= 4 is 22.8 Å². The minimum absolute atomic E-state index is 0.0749. The van der Waals surface area contributed by atoms with Crippen LogP contribution in [0.4, 0.5) is 8.78 Å². The zero-order chi connectivity index (χ0) is 20.7. The third-order valence-electron chi connectivity index (χ3n) is 5.63. The van der Waals surface area contributed by atoms with Gasteiger partial charge in [0.15, 0.2) is 0 Å². The second kappa shape index (κ2) is 7.76. The minimum Gasteiger partial charge on any atom is -0.434 e. The van der Waals surface area contributed by atoms with Crippen molar-refractivity contribution < 1.29 is 13.5 Å². The predicted molar refractivity (Wildman–Crippen MR) is 116 cm³/mol. The summed E-state index contributed by atoms with van der Waals surface area (Å²) in [5.74, 6) is 1.22. The quantitative estimate of drug-likeness (QED) is 0.341. The lowest BCUT2D eigenvalue weighted by Crippen LogP contribution is -2.10. The van der Waals surface area contributed by atoms with Gasteiger partial charge in [0.25, 0.3) is 0 Å². The normalized spacial score (nSPS) is 15.7. The van der Waals surface area contributed by atoms with Crippen molar-refractivity contribution in [3.8, 4) is 16.9 Å². The van der Waals surface area contributed by atoms with Crippen LogP contribution in [0, 0.1) is 0 Å². The lowest BCUT2D eigenvalue weighted by Gasteiger charge is -2.19. The maximum Gasteiger partial charge on any atom is 0.387 e. The Morgan fingerprint density at radius 1 is 1.03 bits per heavy atom. The molecule has 6 heteroatoms. The highest BCUT2D eigenvalue weighted by Gasteiger charge is 2.29. The fraction of sp³-hybridized carbons (Fsp3) is 0.208. The van der Waals surface area contributed by atoms with E-state index in [0.717, 1.165) is 46.4 Å². The summed E-state index contributed by atoms with van der Waals surface area (Å²) in [5.41, 5.74) is 4.96. The first-order chi connectivity index (χ1) is 14.6. The molecule has 0 spiro atoms. The van der Waals surface area contributed by atoms with E-state index in [1.165, 1.54) is 4.90 Å². The van der Waals surface area contributed by atoms with Crippen molar-refractivity contribution in [1.82, 2.24) is 9.55 Å². The van der Waals surface area contributed by atoms with Crippen LogP contribution in [-0.2, 0) is 6.42 Å². The van der Waals surface area contributed by atoms with E-state index >= 15 is 0 Å². The van der Waals surface area contributed by atoms with Gasteiger partial charge in [0.05, 0.1) is 17.1 Å². The largest absolute Gasteiger partial charge is 0.434 e. The predicted octanol–water partition coefficient (Wildman–Crippen LogP) is 6.56. The van der Waals surface area contributed by atoms with Gasteiger partial charge in [-0.05, 0) is 54.1 Å². The Kier molecular flexibility index (Phi) is 4.95.